The van der Waals surface area contributed by atoms with E-state index in [1.165, 1.54) is 5.56 Å². The van der Waals surface area contributed by atoms with Crippen molar-refractivity contribution in [3.8, 4) is 5.75 Å². The normalized spacial score (nSPS) is 10.9. The van der Waals surface area contributed by atoms with Gasteiger partial charge in [-0.15, -0.1) is 24.0 Å². The number of ether oxygens (including phenoxy) is 1. The minimum atomic E-state index is 0. The van der Waals surface area contributed by atoms with Gasteiger partial charge in [0.25, 0.3) is 0 Å². The Balaban J connectivity index is 0.00000288. The highest BCUT2D eigenvalue weighted by molar-refractivity contribution is 14.0. The minimum absolute atomic E-state index is 0. The van der Waals surface area contributed by atoms with Crippen LogP contribution in [0.25, 0.3) is 0 Å². The molecular weight excluding hydrogens is 421 g/mol. The number of methoxy groups -OCH3 is 1. The molecule has 0 saturated carbocycles. The monoisotopic (exact) mass is 445 g/mol. The van der Waals surface area contributed by atoms with Crippen LogP contribution in [0, 0.1) is 6.92 Å². The van der Waals surface area contributed by atoms with Crippen molar-refractivity contribution in [3.05, 3.63) is 41.5 Å². The SMILES string of the molecule is CN=C(NCCc1nc(C)no1)N(C)Cc1ccc(OC)cc1.I. The Morgan fingerprint density at radius 3 is 2.58 bits per heavy atom. The molecule has 7 nitrogen and oxygen atoms in total. The van der Waals surface area contributed by atoms with Gasteiger partial charge in [-0.05, 0) is 24.6 Å². The van der Waals surface area contributed by atoms with Crippen molar-refractivity contribution >= 4 is 29.9 Å². The van der Waals surface area contributed by atoms with Gasteiger partial charge >= 0.3 is 0 Å². The number of guanidine groups is 1. The molecule has 0 atom stereocenters. The molecule has 8 heteroatoms. The van der Waals surface area contributed by atoms with Crippen LogP contribution in [0.3, 0.4) is 0 Å². The van der Waals surface area contributed by atoms with E-state index in [1.54, 1.807) is 14.2 Å². The highest BCUT2D eigenvalue weighted by atomic mass is 127. The lowest BCUT2D eigenvalue weighted by atomic mass is 10.2. The summed E-state index contributed by atoms with van der Waals surface area (Å²) in [7, 11) is 5.43. The second kappa shape index (κ2) is 10.1. The van der Waals surface area contributed by atoms with Crippen LogP contribution in [0.15, 0.2) is 33.8 Å². The maximum atomic E-state index is 5.17. The summed E-state index contributed by atoms with van der Waals surface area (Å²) in [5.41, 5.74) is 1.18. The summed E-state index contributed by atoms with van der Waals surface area (Å²) in [6.07, 6.45) is 0.663. The number of nitrogens with one attached hydrogen (secondary N) is 1. The van der Waals surface area contributed by atoms with E-state index in [-0.39, 0.29) is 24.0 Å². The Hall–Kier alpha value is -1.84. The Bertz CT molecular complexity index is 642. The third-order valence-electron chi connectivity index (χ3n) is 3.34. The van der Waals surface area contributed by atoms with E-state index >= 15 is 0 Å². The van der Waals surface area contributed by atoms with E-state index in [0.29, 0.717) is 24.7 Å². The number of nitrogens with zero attached hydrogens (tertiary/aromatic N) is 4. The third kappa shape index (κ3) is 5.99. The first-order chi connectivity index (χ1) is 11.1. The fraction of sp³-hybridized carbons (Fsp3) is 0.438. The lowest BCUT2D eigenvalue weighted by Crippen LogP contribution is -2.39. The van der Waals surface area contributed by atoms with E-state index < -0.39 is 0 Å². The Morgan fingerprint density at radius 2 is 2.04 bits per heavy atom. The van der Waals surface area contributed by atoms with Gasteiger partial charge < -0.3 is 19.5 Å². The molecule has 1 aromatic heterocycles. The number of halogens is 1. The summed E-state index contributed by atoms with van der Waals surface area (Å²) < 4.78 is 10.3. The Labute approximate surface area is 159 Å². The molecule has 0 saturated heterocycles. The van der Waals surface area contributed by atoms with E-state index in [2.05, 4.69) is 25.3 Å². The number of aromatic nitrogens is 2. The smallest absolute Gasteiger partial charge is 0.228 e. The van der Waals surface area contributed by atoms with E-state index in [0.717, 1.165) is 18.3 Å². The molecule has 2 rings (SSSR count). The van der Waals surface area contributed by atoms with Crippen LogP contribution in [0.5, 0.6) is 5.75 Å². The van der Waals surface area contributed by atoms with Gasteiger partial charge in [0, 0.05) is 33.6 Å². The summed E-state index contributed by atoms with van der Waals surface area (Å²) in [4.78, 5) is 10.5. The fourth-order valence-electron chi connectivity index (χ4n) is 2.19. The second-order valence-electron chi connectivity index (χ2n) is 5.16. The molecule has 0 fully saturated rings. The number of rotatable bonds is 6. The van der Waals surface area contributed by atoms with Crippen molar-refractivity contribution in [1.82, 2.24) is 20.4 Å². The lowest BCUT2D eigenvalue weighted by molar-refractivity contribution is 0.373. The van der Waals surface area contributed by atoms with Crippen molar-refractivity contribution in [2.45, 2.75) is 19.9 Å². The molecule has 0 aliphatic rings. The Kier molecular flexibility index (Phi) is 8.51. The number of aliphatic imine (C=N–C) groups is 1. The zero-order valence-electron chi connectivity index (χ0n) is 14.4. The van der Waals surface area contributed by atoms with Crippen molar-refractivity contribution in [2.24, 2.45) is 4.99 Å². The highest BCUT2D eigenvalue weighted by Gasteiger charge is 2.08. The second-order valence-corrected chi connectivity index (χ2v) is 5.16. The van der Waals surface area contributed by atoms with Gasteiger partial charge in [0.05, 0.1) is 7.11 Å². The fourth-order valence-corrected chi connectivity index (χ4v) is 2.19. The van der Waals surface area contributed by atoms with Crippen LogP contribution in [-0.2, 0) is 13.0 Å². The summed E-state index contributed by atoms with van der Waals surface area (Å²) in [6.45, 7) is 3.24. The lowest BCUT2D eigenvalue weighted by Gasteiger charge is -2.22. The van der Waals surface area contributed by atoms with Crippen molar-refractivity contribution in [1.29, 1.82) is 0 Å². The van der Waals surface area contributed by atoms with Crippen LogP contribution in [0.1, 0.15) is 17.3 Å². The predicted octanol–water partition coefficient (Wildman–Crippen LogP) is 2.25. The van der Waals surface area contributed by atoms with Gasteiger partial charge in [0.15, 0.2) is 11.8 Å². The summed E-state index contributed by atoms with van der Waals surface area (Å²) >= 11 is 0. The van der Waals surface area contributed by atoms with Crippen molar-refractivity contribution < 1.29 is 9.26 Å². The zero-order chi connectivity index (χ0) is 16.7. The standard InChI is InChI=1S/C16H23N5O2.HI/c1-12-19-15(23-20-12)9-10-18-16(17-2)21(3)11-13-5-7-14(22-4)8-6-13;/h5-8H,9-11H2,1-4H3,(H,17,18);1H. The molecule has 0 radical (unpaired) electrons. The molecular formula is C16H24IN5O2. The summed E-state index contributed by atoms with van der Waals surface area (Å²) in [6, 6.07) is 8.00. The number of benzene rings is 1. The molecule has 1 N–H and O–H groups in total. The van der Waals surface area contributed by atoms with Crippen molar-refractivity contribution in [2.75, 3.05) is 27.7 Å². The molecule has 0 aliphatic carbocycles. The number of aryl methyl sites for hydroxylation is 1. The van der Waals surface area contributed by atoms with Crippen LogP contribution in [0.4, 0.5) is 0 Å². The number of hydrogen-bond acceptors (Lipinski definition) is 5. The first-order valence-electron chi connectivity index (χ1n) is 7.46. The van der Waals surface area contributed by atoms with E-state index in [1.807, 2.05) is 38.2 Å². The molecule has 132 valence electrons. The molecule has 1 heterocycles. The zero-order valence-corrected chi connectivity index (χ0v) is 16.8. The maximum Gasteiger partial charge on any atom is 0.228 e. The van der Waals surface area contributed by atoms with Gasteiger partial charge in [-0.25, -0.2) is 0 Å². The Morgan fingerprint density at radius 1 is 1.33 bits per heavy atom. The maximum absolute atomic E-state index is 5.17. The average Bonchev–Trinajstić information content (AvgIpc) is 2.97. The topological polar surface area (TPSA) is 75.8 Å². The molecule has 0 unspecified atom stereocenters. The van der Waals surface area contributed by atoms with Crippen LogP contribution >= 0.6 is 24.0 Å². The summed E-state index contributed by atoms with van der Waals surface area (Å²) in [5, 5.41) is 7.07. The minimum Gasteiger partial charge on any atom is -0.497 e. The summed E-state index contributed by atoms with van der Waals surface area (Å²) in [5.74, 6) is 2.95. The van der Waals surface area contributed by atoms with Gasteiger partial charge in [-0.1, -0.05) is 17.3 Å². The molecule has 0 spiro atoms. The molecule has 1 aromatic carbocycles. The molecule has 2 aromatic rings. The molecule has 0 amide bonds. The van der Waals surface area contributed by atoms with Crippen LogP contribution in [-0.4, -0.2) is 48.8 Å². The van der Waals surface area contributed by atoms with Crippen molar-refractivity contribution in [3.63, 3.8) is 0 Å². The van der Waals surface area contributed by atoms with Gasteiger partial charge in [0.2, 0.25) is 5.89 Å². The first kappa shape index (κ1) is 20.2. The largest absolute Gasteiger partial charge is 0.497 e. The molecule has 0 bridgehead atoms. The van der Waals surface area contributed by atoms with Gasteiger partial charge in [0.1, 0.15) is 5.75 Å². The van der Waals surface area contributed by atoms with Gasteiger partial charge in [-0.3, -0.25) is 4.99 Å². The highest BCUT2D eigenvalue weighted by Crippen LogP contribution is 2.12. The predicted molar refractivity (Wildman–Crippen MR) is 104 cm³/mol. The van der Waals surface area contributed by atoms with E-state index in [4.69, 9.17) is 9.26 Å². The molecule has 0 aliphatic heterocycles. The van der Waals surface area contributed by atoms with Crippen LogP contribution < -0.4 is 10.1 Å². The third-order valence-corrected chi connectivity index (χ3v) is 3.34. The number of hydrogen-bond donors (Lipinski definition) is 1. The average molecular weight is 445 g/mol. The van der Waals surface area contributed by atoms with E-state index in [9.17, 15) is 0 Å². The first-order valence-corrected chi connectivity index (χ1v) is 7.46. The molecule has 24 heavy (non-hydrogen) atoms. The quantitative estimate of drug-likeness (QED) is 0.418. The van der Waals surface area contributed by atoms with Crippen LogP contribution in [0.2, 0.25) is 0 Å². The van der Waals surface area contributed by atoms with Gasteiger partial charge in [-0.2, -0.15) is 4.98 Å².